The zero-order valence-electron chi connectivity index (χ0n) is 11.2. The molecule has 0 aromatic heterocycles. The fraction of sp³-hybridized carbons (Fsp3) is 0.467. The summed E-state index contributed by atoms with van der Waals surface area (Å²) in [6.07, 6.45) is 1.73. The summed E-state index contributed by atoms with van der Waals surface area (Å²) in [5.41, 5.74) is 1.03. The van der Waals surface area contributed by atoms with Crippen molar-refractivity contribution in [3.8, 4) is 0 Å². The summed E-state index contributed by atoms with van der Waals surface area (Å²) < 4.78 is 4.66. The Hall–Kier alpha value is -1.84. The zero-order chi connectivity index (χ0) is 13.7. The van der Waals surface area contributed by atoms with E-state index in [0.717, 1.165) is 18.5 Å². The summed E-state index contributed by atoms with van der Waals surface area (Å²) >= 11 is 0. The molecule has 0 bridgehead atoms. The van der Waals surface area contributed by atoms with Crippen molar-refractivity contribution in [2.24, 2.45) is 5.92 Å². The molecule has 1 aromatic carbocycles. The van der Waals surface area contributed by atoms with Crippen LogP contribution in [-0.4, -0.2) is 37.0 Å². The van der Waals surface area contributed by atoms with Gasteiger partial charge in [-0.25, -0.2) is 0 Å². The second-order valence-electron chi connectivity index (χ2n) is 4.94. The van der Waals surface area contributed by atoms with Gasteiger partial charge in [0.05, 0.1) is 20.0 Å². The lowest BCUT2D eigenvalue weighted by Crippen LogP contribution is -2.30. The fourth-order valence-corrected chi connectivity index (χ4v) is 2.43. The number of amides is 1. The average Bonchev–Trinajstić information content (AvgIpc) is 2.88. The van der Waals surface area contributed by atoms with Gasteiger partial charge in [-0.05, 0) is 17.9 Å². The highest BCUT2D eigenvalue weighted by atomic mass is 16.5. The highest BCUT2D eigenvalue weighted by Crippen LogP contribution is 2.20. The Morgan fingerprint density at radius 1 is 1.32 bits per heavy atom. The van der Waals surface area contributed by atoms with Gasteiger partial charge in [-0.1, -0.05) is 30.3 Å². The lowest BCUT2D eigenvalue weighted by atomic mass is 10.1. The lowest BCUT2D eigenvalue weighted by Gasteiger charge is -2.16. The highest BCUT2D eigenvalue weighted by Gasteiger charge is 2.27. The zero-order valence-corrected chi connectivity index (χ0v) is 11.2. The van der Waals surface area contributed by atoms with Gasteiger partial charge in [0.15, 0.2) is 0 Å². The van der Waals surface area contributed by atoms with Crippen molar-refractivity contribution >= 4 is 11.9 Å². The van der Waals surface area contributed by atoms with Crippen molar-refractivity contribution in [3.05, 3.63) is 35.9 Å². The van der Waals surface area contributed by atoms with Crippen LogP contribution in [0, 0.1) is 5.92 Å². The maximum atomic E-state index is 12.1. The first kappa shape index (κ1) is 13.6. The van der Waals surface area contributed by atoms with E-state index in [1.165, 1.54) is 7.11 Å². The van der Waals surface area contributed by atoms with Gasteiger partial charge >= 0.3 is 5.97 Å². The fourth-order valence-electron chi connectivity index (χ4n) is 2.43. The van der Waals surface area contributed by atoms with E-state index in [-0.39, 0.29) is 17.8 Å². The van der Waals surface area contributed by atoms with Crippen molar-refractivity contribution in [1.82, 2.24) is 4.90 Å². The Labute approximate surface area is 113 Å². The number of carbonyl (C=O) groups is 2. The van der Waals surface area contributed by atoms with E-state index >= 15 is 0 Å². The Balaban J connectivity index is 1.83. The van der Waals surface area contributed by atoms with Crippen LogP contribution in [0.2, 0.25) is 0 Å². The van der Waals surface area contributed by atoms with Crippen molar-refractivity contribution in [2.75, 3.05) is 20.2 Å². The van der Waals surface area contributed by atoms with Gasteiger partial charge < -0.3 is 9.64 Å². The smallest absolute Gasteiger partial charge is 0.305 e. The monoisotopic (exact) mass is 261 g/mol. The normalized spacial score (nSPS) is 18.4. The predicted molar refractivity (Wildman–Crippen MR) is 71.5 cm³/mol. The van der Waals surface area contributed by atoms with E-state index in [0.29, 0.717) is 19.4 Å². The quantitative estimate of drug-likeness (QED) is 0.774. The number of methoxy groups -OCH3 is 1. The third kappa shape index (κ3) is 3.81. The van der Waals surface area contributed by atoms with Gasteiger partial charge in [0.2, 0.25) is 5.91 Å². The van der Waals surface area contributed by atoms with Crippen LogP contribution in [0.25, 0.3) is 0 Å². The molecule has 0 saturated carbocycles. The molecule has 1 heterocycles. The number of nitrogens with zero attached hydrogens (tertiary/aromatic N) is 1. The Morgan fingerprint density at radius 2 is 2.05 bits per heavy atom. The first-order chi connectivity index (χ1) is 9.19. The Bertz CT molecular complexity index is 444. The van der Waals surface area contributed by atoms with Crippen molar-refractivity contribution in [2.45, 2.75) is 19.3 Å². The van der Waals surface area contributed by atoms with E-state index in [4.69, 9.17) is 0 Å². The largest absolute Gasteiger partial charge is 0.469 e. The van der Waals surface area contributed by atoms with Gasteiger partial charge in [0.1, 0.15) is 0 Å². The summed E-state index contributed by atoms with van der Waals surface area (Å²) in [6.45, 7) is 1.41. The maximum Gasteiger partial charge on any atom is 0.305 e. The topological polar surface area (TPSA) is 46.6 Å². The molecule has 4 heteroatoms. The van der Waals surface area contributed by atoms with E-state index in [2.05, 4.69) is 4.74 Å². The summed E-state index contributed by atoms with van der Waals surface area (Å²) in [5, 5.41) is 0. The molecule has 1 unspecified atom stereocenters. The number of likely N-dealkylation sites (tertiary alicyclic amines) is 1. The number of benzene rings is 1. The van der Waals surface area contributed by atoms with E-state index in [9.17, 15) is 9.59 Å². The number of hydrogen-bond acceptors (Lipinski definition) is 3. The van der Waals surface area contributed by atoms with E-state index < -0.39 is 0 Å². The third-order valence-electron chi connectivity index (χ3n) is 3.52. The van der Waals surface area contributed by atoms with Crippen LogP contribution in [0.15, 0.2) is 30.3 Å². The van der Waals surface area contributed by atoms with Gasteiger partial charge in [-0.15, -0.1) is 0 Å². The van der Waals surface area contributed by atoms with Gasteiger partial charge in [-0.2, -0.15) is 0 Å². The molecule has 1 fully saturated rings. The molecule has 1 aliphatic rings. The minimum absolute atomic E-state index is 0.138. The lowest BCUT2D eigenvalue weighted by molar-refractivity contribution is -0.142. The summed E-state index contributed by atoms with van der Waals surface area (Å²) in [6, 6.07) is 9.73. The number of ether oxygens (including phenoxy) is 1. The standard InChI is InChI=1S/C15H19NO3/c1-19-15(18)10-13-7-8-16(11-13)14(17)9-12-5-3-2-4-6-12/h2-6,13H,7-11H2,1H3. The molecule has 102 valence electrons. The van der Waals surface area contributed by atoms with E-state index in [1.54, 1.807) is 0 Å². The number of esters is 1. The van der Waals surface area contributed by atoms with Gasteiger partial charge in [0, 0.05) is 13.1 Å². The minimum Gasteiger partial charge on any atom is -0.469 e. The van der Waals surface area contributed by atoms with Gasteiger partial charge in [0.25, 0.3) is 0 Å². The Morgan fingerprint density at radius 3 is 2.74 bits per heavy atom. The molecule has 0 aliphatic carbocycles. The minimum atomic E-state index is -0.192. The highest BCUT2D eigenvalue weighted by molar-refractivity contribution is 5.79. The van der Waals surface area contributed by atoms with Crippen LogP contribution in [0.3, 0.4) is 0 Å². The second-order valence-corrected chi connectivity index (χ2v) is 4.94. The predicted octanol–water partition coefficient (Wildman–Crippen LogP) is 1.64. The number of carbonyl (C=O) groups excluding carboxylic acids is 2. The first-order valence-corrected chi connectivity index (χ1v) is 6.57. The third-order valence-corrected chi connectivity index (χ3v) is 3.52. The molecule has 1 saturated heterocycles. The summed E-state index contributed by atoms with van der Waals surface area (Å²) in [5.74, 6) is 0.188. The maximum absolute atomic E-state index is 12.1. The second kappa shape index (κ2) is 6.36. The molecule has 0 radical (unpaired) electrons. The van der Waals surface area contributed by atoms with Crippen LogP contribution in [0.1, 0.15) is 18.4 Å². The van der Waals surface area contributed by atoms with Crippen molar-refractivity contribution in [3.63, 3.8) is 0 Å². The first-order valence-electron chi connectivity index (χ1n) is 6.57. The molecule has 2 rings (SSSR count). The summed E-state index contributed by atoms with van der Waals surface area (Å²) in [7, 11) is 1.40. The molecule has 0 spiro atoms. The van der Waals surface area contributed by atoms with Crippen LogP contribution < -0.4 is 0 Å². The molecular weight excluding hydrogens is 242 g/mol. The molecule has 4 nitrogen and oxygen atoms in total. The van der Waals surface area contributed by atoms with Crippen LogP contribution in [0.5, 0.6) is 0 Å². The number of rotatable bonds is 4. The van der Waals surface area contributed by atoms with Crippen LogP contribution in [0.4, 0.5) is 0 Å². The van der Waals surface area contributed by atoms with Crippen LogP contribution >= 0.6 is 0 Å². The molecule has 1 atom stereocenters. The molecule has 1 aromatic rings. The molecule has 19 heavy (non-hydrogen) atoms. The average molecular weight is 261 g/mol. The van der Waals surface area contributed by atoms with Crippen molar-refractivity contribution in [1.29, 1.82) is 0 Å². The molecule has 1 aliphatic heterocycles. The van der Waals surface area contributed by atoms with Crippen molar-refractivity contribution < 1.29 is 14.3 Å². The van der Waals surface area contributed by atoms with E-state index in [1.807, 2.05) is 35.2 Å². The molecule has 0 N–H and O–H groups in total. The van der Waals surface area contributed by atoms with Gasteiger partial charge in [-0.3, -0.25) is 9.59 Å². The van der Waals surface area contributed by atoms with Crippen LogP contribution in [-0.2, 0) is 20.7 Å². The SMILES string of the molecule is COC(=O)CC1CCN(C(=O)Cc2ccccc2)C1. The Kier molecular flexibility index (Phi) is 4.55. The molecule has 1 amide bonds. The number of hydrogen-bond donors (Lipinski definition) is 0. The molecular formula is C15H19NO3. The summed E-state index contributed by atoms with van der Waals surface area (Å²) in [4.78, 5) is 25.2.